The van der Waals surface area contributed by atoms with Crippen molar-refractivity contribution in [3.8, 4) is 23.0 Å². The number of fused-ring (bicyclic) bond motifs is 6. The molecule has 3 aliphatic heterocycles. The Kier molecular flexibility index (Phi) is 4.18. The van der Waals surface area contributed by atoms with Crippen LogP contribution in [0.5, 0.6) is 23.0 Å². The molecule has 7 heteroatoms. The van der Waals surface area contributed by atoms with Gasteiger partial charge in [0.1, 0.15) is 23.0 Å². The number of rotatable bonds is 2. The predicted molar refractivity (Wildman–Crippen MR) is 116 cm³/mol. The summed E-state index contributed by atoms with van der Waals surface area (Å²) in [6.07, 6.45) is 0. The lowest BCUT2D eigenvalue weighted by Crippen LogP contribution is -2.43. The average Bonchev–Trinajstić information content (AvgIpc) is 3.10. The van der Waals surface area contributed by atoms with E-state index >= 15 is 0 Å². The second kappa shape index (κ2) is 6.98. The van der Waals surface area contributed by atoms with Gasteiger partial charge in [-0.05, 0) is 30.3 Å². The summed E-state index contributed by atoms with van der Waals surface area (Å²) < 4.78 is 12.4. The Morgan fingerprint density at radius 1 is 0.969 bits per heavy atom. The lowest BCUT2D eigenvalue weighted by atomic mass is 9.77. The standard InChI is InChI=1S/C25H22N2O5/c28-15-5-6-19-22(13-15)31-23-17(14-27-11-9-26-10-12-27)21(29)8-7-20(23)25(19)18-4-2-1-3-16(18)24(30)32-25/h1-8,13,26,28-29H,9-12,14H2. The quantitative estimate of drug-likeness (QED) is 0.538. The number of phenolic OH excluding ortho intramolecular Hbond substituents is 2. The van der Waals surface area contributed by atoms with E-state index in [0.717, 1.165) is 31.7 Å². The molecule has 1 spiro atoms. The summed E-state index contributed by atoms with van der Waals surface area (Å²) in [6, 6.07) is 15.5. The first-order chi connectivity index (χ1) is 15.6. The highest BCUT2D eigenvalue weighted by Crippen LogP contribution is 2.58. The minimum atomic E-state index is -1.21. The topological polar surface area (TPSA) is 91.3 Å². The minimum absolute atomic E-state index is 0.0452. The van der Waals surface area contributed by atoms with Gasteiger partial charge in [0, 0.05) is 55.5 Å². The van der Waals surface area contributed by atoms with E-state index in [4.69, 9.17) is 9.47 Å². The van der Waals surface area contributed by atoms with E-state index in [1.807, 2.05) is 18.2 Å². The van der Waals surface area contributed by atoms with Crippen LogP contribution in [0.4, 0.5) is 0 Å². The van der Waals surface area contributed by atoms with E-state index in [0.29, 0.717) is 40.3 Å². The number of aromatic hydroxyl groups is 2. The number of hydrogen-bond donors (Lipinski definition) is 3. The summed E-state index contributed by atoms with van der Waals surface area (Å²) in [7, 11) is 0. The molecule has 0 radical (unpaired) electrons. The maximum Gasteiger partial charge on any atom is 0.340 e. The Morgan fingerprint density at radius 2 is 1.75 bits per heavy atom. The zero-order valence-electron chi connectivity index (χ0n) is 17.3. The maximum absolute atomic E-state index is 12.9. The maximum atomic E-state index is 12.9. The minimum Gasteiger partial charge on any atom is -0.508 e. The number of nitrogens with zero attached hydrogens (tertiary/aromatic N) is 1. The zero-order valence-corrected chi connectivity index (χ0v) is 17.3. The van der Waals surface area contributed by atoms with Crippen molar-refractivity contribution in [2.24, 2.45) is 0 Å². The number of carbonyl (C=O) groups is 1. The van der Waals surface area contributed by atoms with Gasteiger partial charge in [-0.15, -0.1) is 0 Å². The summed E-state index contributed by atoms with van der Waals surface area (Å²) in [4.78, 5) is 15.2. The number of benzene rings is 3. The van der Waals surface area contributed by atoms with Crippen LogP contribution in [0.2, 0.25) is 0 Å². The fraction of sp³-hybridized carbons (Fsp3) is 0.240. The first-order valence-electron chi connectivity index (χ1n) is 10.7. The van der Waals surface area contributed by atoms with Crippen LogP contribution < -0.4 is 10.1 Å². The fourth-order valence-electron chi connectivity index (χ4n) is 5.02. The molecular weight excluding hydrogens is 408 g/mol. The molecule has 3 aromatic rings. The third kappa shape index (κ3) is 2.65. The second-order valence-corrected chi connectivity index (χ2v) is 8.36. The van der Waals surface area contributed by atoms with Crippen molar-refractivity contribution in [3.63, 3.8) is 0 Å². The zero-order chi connectivity index (χ0) is 21.9. The first-order valence-corrected chi connectivity index (χ1v) is 10.7. The average molecular weight is 430 g/mol. The normalized spacial score (nSPS) is 21.4. The van der Waals surface area contributed by atoms with Gasteiger partial charge in [0.05, 0.1) is 11.1 Å². The highest BCUT2D eigenvalue weighted by molar-refractivity contribution is 5.97. The Labute approximate surface area is 184 Å². The highest BCUT2D eigenvalue weighted by atomic mass is 16.6. The van der Waals surface area contributed by atoms with Crippen LogP contribution in [0.3, 0.4) is 0 Å². The molecule has 32 heavy (non-hydrogen) atoms. The molecule has 1 saturated heterocycles. The van der Waals surface area contributed by atoms with Crippen molar-refractivity contribution in [1.29, 1.82) is 0 Å². The van der Waals surface area contributed by atoms with Gasteiger partial charge in [0.25, 0.3) is 0 Å². The lowest BCUT2D eigenvalue weighted by Gasteiger charge is -2.38. The van der Waals surface area contributed by atoms with Gasteiger partial charge in [0.15, 0.2) is 5.60 Å². The number of phenols is 2. The molecule has 3 aromatic carbocycles. The first kappa shape index (κ1) is 19.2. The number of piperazine rings is 1. The van der Waals surface area contributed by atoms with Crippen molar-refractivity contribution in [2.45, 2.75) is 12.1 Å². The van der Waals surface area contributed by atoms with E-state index in [1.165, 1.54) is 6.07 Å². The Hall–Kier alpha value is -3.55. The molecule has 3 N–H and O–H groups in total. The van der Waals surface area contributed by atoms with Gasteiger partial charge in [-0.25, -0.2) is 4.79 Å². The van der Waals surface area contributed by atoms with Crippen LogP contribution >= 0.6 is 0 Å². The molecule has 0 bridgehead atoms. The summed E-state index contributed by atoms with van der Waals surface area (Å²) in [5.74, 6) is 0.618. The number of hydrogen-bond acceptors (Lipinski definition) is 7. The summed E-state index contributed by atoms with van der Waals surface area (Å²) >= 11 is 0. The van der Waals surface area contributed by atoms with Crippen LogP contribution in [-0.4, -0.2) is 47.3 Å². The largest absolute Gasteiger partial charge is 0.508 e. The van der Waals surface area contributed by atoms with Crippen molar-refractivity contribution in [2.75, 3.05) is 26.2 Å². The Bertz CT molecular complexity index is 1250. The molecule has 1 fully saturated rings. The number of nitrogens with one attached hydrogen (secondary N) is 1. The second-order valence-electron chi connectivity index (χ2n) is 8.36. The SMILES string of the molecule is O=C1OC2(c3ccc(O)cc3Oc3c2ccc(O)c3CN2CCNCC2)c2ccccc21. The molecule has 1 unspecified atom stereocenters. The number of carbonyl (C=O) groups excluding carboxylic acids is 1. The van der Waals surface area contributed by atoms with E-state index in [1.54, 1.807) is 30.3 Å². The fourth-order valence-corrected chi connectivity index (χ4v) is 5.02. The third-order valence-electron chi connectivity index (χ3n) is 6.53. The van der Waals surface area contributed by atoms with Crippen molar-refractivity contribution in [3.05, 3.63) is 82.4 Å². The van der Waals surface area contributed by atoms with Gasteiger partial charge in [-0.2, -0.15) is 0 Å². The summed E-state index contributed by atoms with van der Waals surface area (Å²) in [5, 5.41) is 24.3. The number of esters is 1. The smallest absolute Gasteiger partial charge is 0.340 e. The monoisotopic (exact) mass is 430 g/mol. The molecule has 0 aliphatic carbocycles. The molecule has 0 amide bonds. The van der Waals surface area contributed by atoms with Gasteiger partial charge in [0.2, 0.25) is 0 Å². The van der Waals surface area contributed by atoms with Crippen LogP contribution in [-0.2, 0) is 16.9 Å². The predicted octanol–water partition coefficient (Wildman–Crippen LogP) is 3.07. The lowest BCUT2D eigenvalue weighted by molar-refractivity contribution is 0.0223. The van der Waals surface area contributed by atoms with Gasteiger partial charge < -0.3 is 25.0 Å². The van der Waals surface area contributed by atoms with E-state index in [9.17, 15) is 15.0 Å². The molecule has 0 saturated carbocycles. The van der Waals surface area contributed by atoms with E-state index in [-0.39, 0.29) is 11.5 Å². The molecule has 1 atom stereocenters. The van der Waals surface area contributed by atoms with Gasteiger partial charge in [-0.1, -0.05) is 18.2 Å². The van der Waals surface area contributed by atoms with Crippen LogP contribution in [0.1, 0.15) is 32.6 Å². The Balaban J connectivity index is 1.60. The Morgan fingerprint density at radius 3 is 2.59 bits per heavy atom. The van der Waals surface area contributed by atoms with Crippen molar-refractivity contribution < 1.29 is 24.5 Å². The summed E-state index contributed by atoms with van der Waals surface area (Å²) in [5.41, 5.74) is 1.95. The van der Waals surface area contributed by atoms with Crippen LogP contribution in [0, 0.1) is 0 Å². The van der Waals surface area contributed by atoms with Crippen molar-refractivity contribution in [1.82, 2.24) is 10.2 Å². The molecular formula is C25H22N2O5. The van der Waals surface area contributed by atoms with E-state index < -0.39 is 11.6 Å². The van der Waals surface area contributed by atoms with Crippen LogP contribution in [0.15, 0.2) is 54.6 Å². The molecule has 3 heterocycles. The molecule has 0 aromatic heterocycles. The molecule has 6 rings (SSSR count). The van der Waals surface area contributed by atoms with Gasteiger partial charge in [-0.3, -0.25) is 4.90 Å². The molecule has 162 valence electrons. The third-order valence-corrected chi connectivity index (χ3v) is 6.53. The number of ether oxygens (including phenoxy) is 2. The van der Waals surface area contributed by atoms with E-state index in [2.05, 4.69) is 10.2 Å². The van der Waals surface area contributed by atoms with Crippen LogP contribution in [0.25, 0.3) is 0 Å². The highest BCUT2D eigenvalue weighted by Gasteiger charge is 2.54. The summed E-state index contributed by atoms with van der Waals surface area (Å²) in [6.45, 7) is 3.95. The van der Waals surface area contributed by atoms with Gasteiger partial charge >= 0.3 is 5.97 Å². The molecule has 3 aliphatic rings. The van der Waals surface area contributed by atoms with Crippen molar-refractivity contribution >= 4 is 5.97 Å². The molecule has 7 nitrogen and oxygen atoms in total.